The number of rotatable bonds is 3. The summed E-state index contributed by atoms with van der Waals surface area (Å²) < 4.78 is 1.77. The maximum Gasteiger partial charge on any atom is 0.239 e. The molecule has 19 heavy (non-hydrogen) atoms. The molecule has 3 N–H and O–H groups in total. The van der Waals surface area contributed by atoms with Crippen LogP contribution < -0.4 is 11.3 Å². The van der Waals surface area contributed by atoms with E-state index in [0.717, 1.165) is 20.1 Å². The Bertz CT molecular complexity index is 732. The van der Waals surface area contributed by atoms with E-state index in [4.69, 9.17) is 5.84 Å². The zero-order chi connectivity index (χ0) is 13.4. The number of nitrogens with two attached hydrogens (primary N) is 1. The van der Waals surface area contributed by atoms with Crippen LogP contribution in [0, 0.1) is 6.92 Å². The van der Waals surface area contributed by atoms with Crippen molar-refractivity contribution < 1.29 is 0 Å². The van der Waals surface area contributed by atoms with Gasteiger partial charge in [0.2, 0.25) is 5.95 Å². The summed E-state index contributed by atoms with van der Waals surface area (Å²) in [5.41, 5.74) is 2.51. The van der Waals surface area contributed by atoms with Crippen LogP contribution in [0.2, 0.25) is 0 Å². The van der Waals surface area contributed by atoms with Gasteiger partial charge in [-0.25, -0.2) is 15.8 Å². The summed E-state index contributed by atoms with van der Waals surface area (Å²) in [5.74, 6) is 5.85. The molecule has 0 radical (unpaired) electrons. The molecular formula is C11H12N6S2. The highest BCUT2D eigenvalue weighted by Crippen LogP contribution is 2.35. The summed E-state index contributed by atoms with van der Waals surface area (Å²) in [6.07, 6.45) is 3.76. The average molecular weight is 292 g/mol. The van der Waals surface area contributed by atoms with E-state index < -0.39 is 0 Å². The summed E-state index contributed by atoms with van der Waals surface area (Å²) in [6.45, 7) is 2.06. The third-order valence-electron chi connectivity index (χ3n) is 2.51. The normalized spacial score (nSPS) is 11.1. The topological polar surface area (TPSA) is 81.7 Å². The predicted molar refractivity (Wildman–Crippen MR) is 77.3 cm³/mol. The Morgan fingerprint density at radius 1 is 1.42 bits per heavy atom. The molecule has 3 aromatic heterocycles. The molecule has 0 unspecified atom stereocenters. The van der Waals surface area contributed by atoms with Gasteiger partial charge in [-0.2, -0.15) is 5.10 Å². The number of hydrogen-bond donors (Lipinski definition) is 2. The standard InChI is InChI=1S/C11H12N6S2/c1-6-3-8-9(18-6)14-11(16-12)15-10(8)19-7-4-13-17(2)5-7/h3-5H,12H2,1-2H3,(H,14,15,16). The molecule has 3 rings (SSSR count). The first kappa shape index (κ1) is 12.4. The van der Waals surface area contributed by atoms with Crippen molar-refractivity contribution in [2.24, 2.45) is 12.9 Å². The largest absolute Gasteiger partial charge is 0.292 e. The van der Waals surface area contributed by atoms with Crippen molar-refractivity contribution in [3.05, 3.63) is 23.3 Å². The van der Waals surface area contributed by atoms with Gasteiger partial charge in [0.15, 0.2) is 0 Å². The molecule has 0 atom stereocenters. The van der Waals surface area contributed by atoms with Crippen LogP contribution in [0.3, 0.4) is 0 Å². The van der Waals surface area contributed by atoms with Crippen LogP contribution in [0.25, 0.3) is 10.2 Å². The molecule has 0 saturated heterocycles. The number of nitrogens with one attached hydrogen (secondary N) is 1. The minimum atomic E-state index is 0.431. The van der Waals surface area contributed by atoms with E-state index >= 15 is 0 Å². The lowest BCUT2D eigenvalue weighted by Gasteiger charge is -2.03. The highest BCUT2D eigenvalue weighted by atomic mass is 32.2. The van der Waals surface area contributed by atoms with Gasteiger partial charge in [0.1, 0.15) is 9.86 Å². The Morgan fingerprint density at radius 3 is 2.95 bits per heavy atom. The molecule has 0 aromatic carbocycles. The molecule has 0 fully saturated rings. The van der Waals surface area contributed by atoms with Gasteiger partial charge in [-0.1, -0.05) is 11.8 Å². The Kier molecular flexibility index (Phi) is 3.13. The maximum absolute atomic E-state index is 5.42. The van der Waals surface area contributed by atoms with Crippen molar-refractivity contribution in [3.8, 4) is 0 Å². The summed E-state index contributed by atoms with van der Waals surface area (Å²) in [6, 6.07) is 2.10. The number of nitrogen functional groups attached to an aromatic ring is 1. The van der Waals surface area contributed by atoms with Crippen LogP contribution >= 0.6 is 23.1 Å². The van der Waals surface area contributed by atoms with Crippen molar-refractivity contribution in [2.75, 3.05) is 5.43 Å². The minimum absolute atomic E-state index is 0.431. The van der Waals surface area contributed by atoms with E-state index in [2.05, 4.69) is 33.5 Å². The third kappa shape index (κ3) is 2.42. The van der Waals surface area contributed by atoms with Gasteiger partial charge in [0, 0.05) is 23.5 Å². The molecule has 0 bridgehead atoms. The zero-order valence-corrected chi connectivity index (χ0v) is 12.0. The summed E-state index contributed by atoms with van der Waals surface area (Å²) in [5, 5.41) is 6.09. The number of hydrazine groups is 1. The quantitative estimate of drug-likeness (QED) is 0.437. The molecule has 0 aliphatic rings. The van der Waals surface area contributed by atoms with Crippen molar-refractivity contribution >= 4 is 39.3 Å². The monoisotopic (exact) mass is 292 g/mol. The maximum atomic E-state index is 5.42. The average Bonchev–Trinajstić information content (AvgIpc) is 2.94. The van der Waals surface area contributed by atoms with Gasteiger partial charge in [-0.3, -0.25) is 10.1 Å². The fourth-order valence-corrected chi connectivity index (χ4v) is 3.59. The second-order valence-corrected chi connectivity index (χ2v) is 6.32. The number of hydrogen-bond acceptors (Lipinski definition) is 7. The molecule has 0 amide bonds. The lowest BCUT2D eigenvalue weighted by Crippen LogP contribution is -2.10. The molecule has 0 spiro atoms. The van der Waals surface area contributed by atoms with Gasteiger partial charge in [0.05, 0.1) is 11.1 Å². The van der Waals surface area contributed by atoms with Crippen LogP contribution in [-0.4, -0.2) is 19.7 Å². The van der Waals surface area contributed by atoms with Crippen molar-refractivity contribution in [1.82, 2.24) is 19.7 Å². The fourth-order valence-electron chi connectivity index (χ4n) is 1.72. The number of anilines is 1. The summed E-state index contributed by atoms with van der Waals surface area (Å²) in [4.78, 5) is 12.0. The predicted octanol–water partition coefficient (Wildman–Crippen LogP) is 2.17. The van der Waals surface area contributed by atoms with Crippen molar-refractivity contribution in [3.63, 3.8) is 0 Å². The van der Waals surface area contributed by atoms with Gasteiger partial charge in [-0.05, 0) is 13.0 Å². The van der Waals surface area contributed by atoms with E-state index in [1.54, 1.807) is 27.8 Å². The van der Waals surface area contributed by atoms with Crippen LogP contribution in [0.1, 0.15) is 4.88 Å². The van der Waals surface area contributed by atoms with E-state index in [1.165, 1.54) is 4.88 Å². The van der Waals surface area contributed by atoms with E-state index in [-0.39, 0.29) is 0 Å². The first-order valence-electron chi connectivity index (χ1n) is 5.57. The first-order chi connectivity index (χ1) is 9.15. The minimum Gasteiger partial charge on any atom is -0.292 e. The summed E-state index contributed by atoms with van der Waals surface area (Å²) >= 11 is 3.19. The Labute approximate surface area is 118 Å². The Balaban J connectivity index is 2.09. The smallest absolute Gasteiger partial charge is 0.239 e. The second-order valence-electron chi connectivity index (χ2n) is 4.02. The Hall–Kier alpha value is -1.64. The number of aromatic nitrogens is 4. The fraction of sp³-hybridized carbons (Fsp3) is 0.182. The van der Waals surface area contributed by atoms with E-state index in [0.29, 0.717) is 5.95 Å². The number of thiophene rings is 1. The second kappa shape index (κ2) is 4.80. The third-order valence-corrected chi connectivity index (χ3v) is 4.40. The van der Waals surface area contributed by atoms with Crippen molar-refractivity contribution in [1.29, 1.82) is 0 Å². The first-order valence-corrected chi connectivity index (χ1v) is 7.20. The van der Waals surface area contributed by atoms with Crippen LogP contribution in [0.15, 0.2) is 28.4 Å². The molecule has 0 aliphatic heterocycles. The molecule has 6 nitrogen and oxygen atoms in total. The van der Waals surface area contributed by atoms with Gasteiger partial charge in [0.25, 0.3) is 0 Å². The van der Waals surface area contributed by atoms with Crippen molar-refractivity contribution in [2.45, 2.75) is 16.8 Å². The summed E-state index contributed by atoms with van der Waals surface area (Å²) in [7, 11) is 1.89. The van der Waals surface area contributed by atoms with Crippen LogP contribution in [0.4, 0.5) is 5.95 Å². The molecule has 3 heterocycles. The molecule has 0 saturated carbocycles. The molecule has 8 heteroatoms. The van der Waals surface area contributed by atoms with Gasteiger partial charge in [-0.15, -0.1) is 11.3 Å². The van der Waals surface area contributed by atoms with Crippen LogP contribution in [0.5, 0.6) is 0 Å². The number of aryl methyl sites for hydroxylation is 2. The van der Waals surface area contributed by atoms with E-state index in [1.807, 2.05) is 19.4 Å². The SMILES string of the molecule is Cc1cc2c(Sc3cnn(C)c3)nc(NN)nc2s1. The molecular weight excluding hydrogens is 280 g/mol. The zero-order valence-electron chi connectivity index (χ0n) is 10.4. The van der Waals surface area contributed by atoms with Gasteiger partial charge < -0.3 is 0 Å². The lowest BCUT2D eigenvalue weighted by molar-refractivity contribution is 0.766. The van der Waals surface area contributed by atoms with E-state index in [9.17, 15) is 0 Å². The highest BCUT2D eigenvalue weighted by molar-refractivity contribution is 7.99. The van der Waals surface area contributed by atoms with Crippen LogP contribution in [-0.2, 0) is 7.05 Å². The molecule has 98 valence electrons. The number of fused-ring (bicyclic) bond motifs is 1. The lowest BCUT2D eigenvalue weighted by atomic mass is 10.4. The molecule has 0 aliphatic carbocycles. The van der Waals surface area contributed by atoms with Gasteiger partial charge >= 0.3 is 0 Å². The highest BCUT2D eigenvalue weighted by Gasteiger charge is 2.12. The molecule has 3 aromatic rings. The Morgan fingerprint density at radius 2 is 2.26 bits per heavy atom. The number of nitrogens with zero attached hydrogens (tertiary/aromatic N) is 4.